The molecule has 0 saturated heterocycles. The van der Waals surface area contributed by atoms with Gasteiger partial charge in [-0.1, -0.05) is 17.7 Å². The maximum absolute atomic E-state index is 11.5. The Morgan fingerprint density at radius 1 is 1.32 bits per heavy atom. The smallest absolute Gasteiger partial charge is 0.320 e. The Bertz CT molecular complexity index is 858. The van der Waals surface area contributed by atoms with Gasteiger partial charge in [0.05, 0.1) is 5.02 Å². The van der Waals surface area contributed by atoms with E-state index in [9.17, 15) is 9.90 Å². The molecule has 3 heterocycles. The minimum Gasteiger partial charge on any atom is -0.480 e. The number of rotatable bonds is 12. The van der Waals surface area contributed by atoms with Crippen LogP contribution in [0.25, 0.3) is 0 Å². The molecule has 1 aliphatic heterocycles. The molecule has 0 fully saturated rings. The highest BCUT2D eigenvalue weighted by molar-refractivity contribution is 6.31. The number of fused-ring (bicyclic) bond motifs is 1. The van der Waals surface area contributed by atoms with E-state index in [4.69, 9.17) is 21.3 Å². The highest BCUT2D eigenvalue weighted by atomic mass is 35.5. The molecule has 0 aliphatic carbocycles. The van der Waals surface area contributed by atoms with Crippen LogP contribution in [0.5, 0.6) is 0 Å². The lowest BCUT2D eigenvalue weighted by molar-refractivity contribution is -0.140. The predicted octanol–water partition coefficient (Wildman–Crippen LogP) is 3.77. The first-order valence-corrected chi connectivity index (χ1v) is 11.3. The topological polar surface area (TPSA) is 96.4 Å². The molecule has 3 N–H and O–H groups in total. The van der Waals surface area contributed by atoms with Crippen molar-refractivity contribution < 1.29 is 14.6 Å². The van der Waals surface area contributed by atoms with Gasteiger partial charge in [-0.3, -0.25) is 9.78 Å². The maximum Gasteiger partial charge on any atom is 0.320 e. The molecule has 3 rings (SSSR count). The van der Waals surface area contributed by atoms with E-state index in [0.29, 0.717) is 31.2 Å². The first-order chi connectivity index (χ1) is 15.0. The highest BCUT2D eigenvalue weighted by Crippen LogP contribution is 2.20. The van der Waals surface area contributed by atoms with Crippen molar-refractivity contribution in [2.45, 2.75) is 58.0 Å². The van der Waals surface area contributed by atoms with Crippen molar-refractivity contribution in [3.8, 4) is 0 Å². The number of nitrogens with zero attached hydrogens (tertiary/aromatic N) is 2. The molecule has 1 aliphatic rings. The van der Waals surface area contributed by atoms with Gasteiger partial charge in [0.1, 0.15) is 11.9 Å². The fourth-order valence-corrected chi connectivity index (χ4v) is 3.91. The molecule has 7 nitrogen and oxygen atoms in total. The summed E-state index contributed by atoms with van der Waals surface area (Å²) in [7, 11) is 0. The lowest BCUT2D eigenvalue weighted by Gasteiger charge is -2.17. The van der Waals surface area contributed by atoms with E-state index in [1.165, 1.54) is 12.0 Å². The molecule has 0 radical (unpaired) electrons. The first kappa shape index (κ1) is 23.4. The van der Waals surface area contributed by atoms with Gasteiger partial charge >= 0.3 is 5.97 Å². The van der Waals surface area contributed by atoms with Crippen molar-refractivity contribution in [1.82, 2.24) is 15.3 Å². The number of nitrogens with one attached hydrogen (secondary N) is 2. The lowest BCUT2D eigenvalue weighted by Crippen LogP contribution is -2.37. The molecule has 0 saturated carbocycles. The number of anilines is 1. The van der Waals surface area contributed by atoms with Crippen molar-refractivity contribution >= 4 is 23.4 Å². The van der Waals surface area contributed by atoms with E-state index in [0.717, 1.165) is 54.9 Å². The predicted molar refractivity (Wildman–Crippen MR) is 122 cm³/mol. The van der Waals surface area contributed by atoms with Gasteiger partial charge in [0.2, 0.25) is 0 Å². The monoisotopic (exact) mass is 446 g/mol. The second-order valence-corrected chi connectivity index (χ2v) is 8.29. The Balaban J connectivity index is 1.32. The number of aryl methyl sites for hydroxylation is 3. The quantitative estimate of drug-likeness (QED) is 0.427. The minimum atomic E-state index is -0.890. The summed E-state index contributed by atoms with van der Waals surface area (Å²) < 4.78 is 5.67. The van der Waals surface area contributed by atoms with Crippen molar-refractivity contribution in [1.29, 1.82) is 0 Å². The van der Waals surface area contributed by atoms with Crippen LogP contribution in [0.15, 0.2) is 24.5 Å². The van der Waals surface area contributed by atoms with Crippen molar-refractivity contribution in [2.24, 2.45) is 0 Å². The van der Waals surface area contributed by atoms with Gasteiger partial charge < -0.3 is 20.5 Å². The molecule has 8 heteroatoms. The van der Waals surface area contributed by atoms with Gasteiger partial charge in [-0.2, -0.15) is 0 Å². The third kappa shape index (κ3) is 7.16. The van der Waals surface area contributed by atoms with Crippen molar-refractivity contribution in [2.75, 3.05) is 25.1 Å². The Morgan fingerprint density at radius 3 is 3.00 bits per heavy atom. The Morgan fingerprint density at radius 2 is 2.19 bits per heavy atom. The Labute approximate surface area is 188 Å². The van der Waals surface area contributed by atoms with Crippen LogP contribution < -0.4 is 10.6 Å². The molecule has 31 heavy (non-hydrogen) atoms. The molecule has 168 valence electrons. The van der Waals surface area contributed by atoms with Gasteiger partial charge in [0.25, 0.3) is 0 Å². The zero-order valence-electron chi connectivity index (χ0n) is 18.0. The van der Waals surface area contributed by atoms with Gasteiger partial charge in [0, 0.05) is 44.4 Å². The third-order valence-corrected chi connectivity index (χ3v) is 5.84. The molecule has 2 aromatic rings. The molecule has 0 bridgehead atoms. The summed E-state index contributed by atoms with van der Waals surface area (Å²) in [5, 5.41) is 16.4. The largest absolute Gasteiger partial charge is 0.480 e. The number of pyridine rings is 2. The summed E-state index contributed by atoms with van der Waals surface area (Å²) in [5.41, 5.74) is 4.22. The molecule has 0 unspecified atom stereocenters. The van der Waals surface area contributed by atoms with Crippen LogP contribution in [0.4, 0.5) is 5.82 Å². The number of carboxylic acid groups (broad SMARTS) is 1. The van der Waals surface area contributed by atoms with E-state index >= 15 is 0 Å². The molecular formula is C23H31ClN4O3. The summed E-state index contributed by atoms with van der Waals surface area (Å²) in [4.78, 5) is 20.3. The minimum absolute atomic E-state index is 0.382. The number of aliphatic carboxylic acids is 1. The molecular weight excluding hydrogens is 416 g/mol. The molecule has 1 atom stereocenters. The highest BCUT2D eigenvalue weighted by Gasteiger charge is 2.17. The molecule has 2 aromatic heterocycles. The van der Waals surface area contributed by atoms with Crippen LogP contribution in [-0.2, 0) is 28.9 Å². The number of carbonyl (C=O) groups is 1. The number of carboxylic acids is 1. The maximum atomic E-state index is 11.5. The normalized spacial score (nSPS) is 14.0. The van der Waals surface area contributed by atoms with Crippen molar-refractivity contribution in [3.05, 3.63) is 51.9 Å². The number of aromatic nitrogens is 2. The Hall–Kier alpha value is -2.22. The second-order valence-electron chi connectivity index (χ2n) is 7.89. The van der Waals surface area contributed by atoms with Gasteiger partial charge in [0.15, 0.2) is 0 Å². The second kappa shape index (κ2) is 12.0. The number of ether oxygens (including phenoxy) is 1. The molecule has 0 amide bonds. The van der Waals surface area contributed by atoms with Gasteiger partial charge in [-0.05, 0) is 68.2 Å². The van der Waals surface area contributed by atoms with Crippen LogP contribution in [0.3, 0.4) is 0 Å². The van der Waals surface area contributed by atoms with Crippen molar-refractivity contribution in [3.63, 3.8) is 0 Å². The van der Waals surface area contributed by atoms with E-state index in [1.54, 1.807) is 12.4 Å². The fraction of sp³-hybridized carbons (Fsp3) is 0.522. The van der Waals surface area contributed by atoms with Crippen LogP contribution in [0.2, 0.25) is 5.02 Å². The zero-order chi connectivity index (χ0) is 22.1. The standard InChI is InChI=1S/C23H31ClN4O3/c1-16-13-25-15-20(24)19(16)14-27-21(23(29)30)9-12-31-11-3-2-6-18-8-7-17-5-4-10-26-22(17)28-18/h7-8,13,15,21,27H,2-6,9-12,14H2,1H3,(H,26,28)(H,29,30)/t21-/m0/s1. The summed E-state index contributed by atoms with van der Waals surface area (Å²) in [6, 6.07) is 3.61. The first-order valence-electron chi connectivity index (χ1n) is 10.9. The SMILES string of the molecule is Cc1cncc(Cl)c1CN[C@@H](CCOCCCCc1ccc2c(n1)NCCC2)C(=O)O. The summed E-state index contributed by atoms with van der Waals surface area (Å²) in [5.74, 6) is 0.147. The van der Waals surface area contributed by atoms with E-state index in [-0.39, 0.29) is 0 Å². The number of halogens is 1. The zero-order valence-corrected chi connectivity index (χ0v) is 18.7. The van der Waals surface area contributed by atoms with Gasteiger partial charge in [-0.15, -0.1) is 0 Å². The average molecular weight is 447 g/mol. The summed E-state index contributed by atoms with van der Waals surface area (Å²) in [6.07, 6.45) is 8.79. The summed E-state index contributed by atoms with van der Waals surface area (Å²) in [6.45, 7) is 4.30. The lowest BCUT2D eigenvalue weighted by atomic mass is 10.1. The van der Waals surface area contributed by atoms with Crippen LogP contribution in [-0.4, -0.2) is 46.8 Å². The Kier molecular flexibility index (Phi) is 9.06. The fourth-order valence-electron chi connectivity index (χ4n) is 3.64. The van der Waals surface area contributed by atoms with Crippen LogP contribution in [0.1, 0.15) is 48.1 Å². The van der Waals surface area contributed by atoms with E-state index in [2.05, 4.69) is 27.8 Å². The number of hydrogen-bond acceptors (Lipinski definition) is 6. The summed E-state index contributed by atoms with van der Waals surface area (Å²) >= 11 is 6.16. The average Bonchev–Trinajstić information content (AvgIpc) is 2.76. The number of hydrogen-bond donors (Lipinski definition) is 3. The van der Waals surface area contributed by atoms with Crippen LogP contribution in [0, 0.1) is 6.92 Å². The number of unbranched alkanes of at least 4 members (excludes halogenated alkanes) is 1. The third-order valence-electron chi connectivity index (χ3n) is 5.52. The molecule has 0 spiro atoms. The van der Waals surface area contributed by atoms with E-state index in [1.807, 2.05) is 6.92 Å². The van der Waals surface area contributed by atoms with Crippen LogP contribution >= 0.6 is 11.6 Å². The molecule has 0 aromatic carbocycles. The van der Waals surface area contributed by atoms with E-state index < -0.39 is 12.0 Å². The van der Waals surface area contributed by atoms with Gasteiger partial charge in [-0.25, -0.2) is 4.98 Å².